The van der Waals surface area contributed by atoms with E-state index in [9.17, 15) is 14.9 Å². The number of hydrogen-bond acceptors (Lipinski definition) is 6. The first-order valence-electron chi connectivity index (χ1n) is 6.70. The van der Waals surface area contributed by atoms with Crippen molar-refractivity contribution in [2.45, 2.75) is 25.1 Å². The molecule has 1 saturated heterocycles. The van der Waals surface area contributed by atoms with E-state index >= 15 is 0 Å². The lowest BCUT2D eigenvalue weighted by molar-refractivity contribution is -0.385. The number of aromatic nitrogens is 1. The Morgan fingerprint density at radius 3 is 2.90 bits per heavy atom. The molecule has 1 amide bonds. The highest BCUT2D eigenvalue weighted by molar-refractivity contribution is 8.00. The molecule has 1 aliphatic heterocycles. The third-order valence-corrected chi connectivity index (χ3v) is 5.03. The van der Waals surface area contributed by atoms with Crippen molar-refractivity contribution in [3.63, 3.8) is 0 Å². The standard InChI is InChI=1S/C13H18N4O3S/c1-8-9(2)21-5-4-16(8)13(18)11-6-10(17(19)20)7-15-12(11)14-3/h6-9H,4-5H2,1-3H3,(H,14,15). The Morgan fingerprint density at radius 2 is 2.29 bits per heavy atom. The van der Waals surface area contributed by atoms with Crippen LogP contribution in [-0.4, -0.2) is 51.4 Å². The Hall–Kier alpha value is -1.83. The number of rotatable bonds is 3. The van der Waals surface area contributed by atoms with Crippen molar-refractivity contribution in [1.29, 1.82) is 0 Å². The lowest BCUT2D eigenvalue weighted by atomic mass is 10.1. The van der Waals surface area contributed by atoms with Crippen LogP contribution in [0.25, 0.3) is 0 Å². The van der Waals surface area contributed by atoms with E-state index in [4.69, 9.17) is 0 Å². The summed E-state index contributed by atoms with van der Waals surface area (Å²) >= 11 is 1.83. The van der Waals surface area contributed by atoms with Crippen LogP contribution in [-0.2, 0) is 0 Å². The molecule has 0 aliphatic carbocycles. The van der Waals surface area contributed by atoms with E-state index in [0.717, 1.165) is 11.9 Å². The first-order valence-corrected chi connectivity index (χ1v) is 7.75. The van der Waals surface area contributed by atoms with Crippen molar-refractivity contribution in [3.05, 3.63) is 27.9 Å². The van der Waals surface area contributed by atoms with E-state index in [1.807, 2.05) is 18.7 Å². The predicted molar refractivity (Wildman–Crippen MR) is 82.9 cm³/mol. The van der Waals surface area contributed by atoms with Gasteiger partial charge in [-0.1, -0.05) is 6.92 Å². The second-order valence-corrected chi connectivity index (χ2v) is 6.40. The summed E-state index contributed by atoms with van der Waals surface area (Å²) in [4.78, 5) is 28.8. The Labute approximate surface area is 127 Å². The Kier molecular flexibility index (Phi) is 4.66. The molecule has 2 rings (SSSR count). The van der Waals surface area contributed by atoms with Crippen molar-refractivity contribution in [2.24, 2.45) is 0 Å². The third kappa shape index (κ3) is 3.10. The van der Waals surface area contributed by atoms with Crippen molar-refractivity contribution in [3.8, 4) is 0 Å². The van der Waals surface area contributed by atoms with Crippen LogP contribution in [0, 0.1) is 10.1 Å². The minimum atomic E-state index is -0.540. The minimum absolute atomic E-state index is 0.0835. The van der Waals surface area contributed by atoms with E-state index in [1.165, 1.54) is 6.07 Å². The van der Waals surface area contributed by atoms with Crippen LogP contribution in [0.2, 0.25) is 0 Å². The molecule has 1 aromatic heterocycles. The molecule has 0 saturated carbocycles. The fourth-order valence-corrected chi connectivity index (χ4v) is 3.39. The molecule has 0 spiro atoms. The fourth-order valence-electron chi connectivity index (χ4n) is 2.29. The monoisotopic (exact) mass is 310 g/mol. The van der Waals surface area contributed by atoms with E-state index in [0.29, 0.717) is 17.6 Å². The summed E-state index contributed by atoms with van der Waals surface area (Å²) in [7, 11) is 1.64. The van der Waals surface area contributed by atoms with Crippen LogP contribution in [0.15, 0.2) is 12.3 Å². The summed E-state index contributed by atoms with van der Waals surface area (Å²) in [6, 6.07) is 1.38. The van der Waals surface area contributed by atoms with Crippen LogP contribution in [0.3, 0.4) is 0 Å². The van der Waals surface area contributed by atoms with Crippen LogP contribution < -0.4 is 5.32 Å². The average molecular weight is 310 g/mol. The van der Waals surface area contributed by atoms with Gasteiger partial charge >= 0.3 is 0 Å². The molecule has 8 heteroatoms. The van der Waals surface area contributed by atoms with Crippen molar-refractivity contribution < 1.29 is 9.72 Å². The van der Waals surface area contributed by atoms with Gasteiger partial charge in [-0.25, -0.2) is 4.98 Å². The summed E-state index contributed by atoms with van der Waals surface area (Å²) in [5, 5.41) is 14.0. The van der Waals surface area contributed by atoms with Gasteiger partial charge < -0.3 is 10.2 Å². The van der Waals surface area contributed by atoms with Crippen molar-refractivity contribution in [1.82, 2.24) is 9.88 Å². The number of nitrogens with one attached hydrogen (secondary N) is 1. The second kappa shape index (κ2) is 6.30. The van der Waals surface area contributed by atoms with Gasteiger partial charge in [0.05, 0.1) is 10.5 Å². The molecule has 1 aliphatic rings. The number of amides is 1. The predicted octanol–water partition coefficient (Wildman–Crippen LogP) is 2.00. The highest BCUT2D eigenvalue weighted by Crippen LogP contribution is 2.28. The smallest absolute Gasteiger partial charge is 0.288 e. The Bertz CT molecular complexity index is 566. The lowest BCUT2D eigenvalue weighted by Crippen LogP contribution is -2.48. The summed E-state index contributed by atoms with van der Waals surface area (Å²) in [5.74, 6) is 1.02. The van der Waals surface area contributed by atoms with Gasteiger partial charge in [0.2, 0.25) is 0 Å². The first-order chi connectivity index (χ1) is 9.95. The van der Waals surface area contributed by atoms with Crippen LogP contribution in [0.5, 0.6) is 0 Å². The minimum Gasteiger partial charge on any atom is -0.372 e. The number of carbonyl (C=O) groups excluding carboxylic acids is 1. The van der Waals surface area contributed by atoms with E-state index < -0.39 is 4.92 Å². The van der Waals surface area contributed by atoms with Gasteiger partial charge in [0.15, 0.2) is 0 Å². The van der Waals surface area contributed by atoms with Gasteiger partial charge in [-0.15, -0.1) is 0 Å². The summed E-state index contributed by atoms with van der Waals surface area (Å²) in [6.07, 6.45) is 1.15. The molecular weight excluding hydrogens is 292 g/mol. The number of thioether (sulfide) groups is 1. The molecule has 2 heterocycles. The zero-order chi connectivity index (χ0) is 15.6. The molecule has 114 valence electrons. The van der Waals surface area contributed by atoms with Crippen LogP contribution in [0.4, 0.5) is 11.5 Å². The largest absolute Gasteiger partial charge is 0.372 e. The van der Waals surface area contributed by atoms with Gasteiger partial charge in [0, 0.05) is 36.7 Å². The molecular formula is C13H18N4O3S. The highest BCUT2D eigenvalue weighted by Gasteiger charge is 2.31. The van der Waals surface area contributed by atoms with E-state index in [2.05, 4.69) is 17.2 Å². The molecule has 0 aromatic carbocycles. The number of pyridine rings is 1. The Balaban J connectivity index is 2.37. The first kappa shape index (κ1) is 15.6. The molecule has 7 nitrogen and oxygen atoms in total. The van der Waals surface area contributed by atoms with Gasteiger partial charge in [-0.3, -0.25) is 14.9 Å². The van der Waals surface area contributed by atoms with Gasteiger partial charge in [-0.05, 0) is 6.92 Å². The topological polar surface area (TPSA) is 88.4 Å². The third-order valence-electron chi connectivity index (χ3n) is 3.70. The maximum atomic E-state index is 12.7. The number of carbonyl (C=O) groups is 1. The SMILES string of the molecule is CNc1ncc([N+](=O)[O-])cc1C(=O)N1CCSC(C)C1C. The maximum absolute atomic E-state index is 12.7. The number of anilines is 1. The van der Waals surface area contributed by atoms with Gasteiger partial charge in [0.1, 0.15) is 12.0 Å². The van der Waals surface area contributed by atoms with E-state index in [1.54, 1.807) is 11.9 Å². The van der Waals surface area contributed by atoms with Crippen LogP contribution in [0.1, 0.15) is 24.2 Å². The molecule has 2 unspecified atom stereocenters. The Morgan fingerprint density at radius 1 is 1.57 bits per heavy atom. The maximum Gasteiger partial charge on any atom is 0.288 e. The second-order valence-electron chi connectivity index (χ2n) is 4.91. The lowest BCUT2D eigenvalue weighted by Gasteiger charge is -2.37. The zero-order valence-corrected chi connectivity index (χ0v) is 13.0. The quantitative estimate of drug-likeness (QED) is 0.678. The summed E-state index contributed by atoms with van der Waals surface area (Å²) < 4.78 is 0. The molecule has 21 heavy (non-hydrogen) atoms. The summed E-state index contributed by atoms with van der Waals surface area (Å²) in [6.45, 7) is 4.72. The molecule has 1 N–H and O–H groups in total. The number of hydrogen-bond donors (Lipinski definition) is 1. The van der Waals surface area contributed by atoms with E-state index in [-0.39, 0.29) is 23.2 Å². The molecule has 2 atom stereocenters. The highest BCUT2D eigenvalue weighted by atomic mass is 32.2. The zero-order valence-electron chi connectivity index (χ0n) is 12.2. The number of nitro groups is 1. The van der Waals surface area contributed by atoms with Gasteiger partial charge in [0.25, 0.3) is 11.6 Å². The van der Waals surface area contributed by atoms with Crippen molar-refractivity contribution in [2.75, 3.05) is 24.7 Å². The molecule has 0 radical (unpaired) electrons. The average Bonchev–Trinajstić information content (AvgIpc) is 2.48. The van der Waals surface area contributed by atoms with Crippen molar-refractivity contribution >= 4 is 29.2 Å². The molecule has 1 fully saturated rings. The summed E-state index contributed by atoms with van der Waals surface area (Å²) in [5.41, 5.74) is 0.0714. The molecule has 1 aromatic rings. The number of nitrogens with zero attached hydrogens (tertiary/aromatic N) is 3. The normalized spacial score (nSPS) is 22.0. The fraction of sp³-hybridized carbons (Fsp3) is 0.538. The molecule has 0 bridgehead atoms. The van der Waals surface area contributed by atoms with Gasteiger partial charge in [-0.2, -0.15) is 11.8 Å². The van der Waals surface area contributed by atoms with Crippen LogP contribution >= 0.6 is 11.8 Å².